The maximum absolute atomic E-state index is 12.4. The summed E-state index contributed by atoms with van der Waals surface area (Å²) >= 11 is 6.39. The van der Waals surface area contributed by atoms with Gasteiger partial charge in [-0.05, 0) is 51.6 Å². The minimum Gasteiger partial charge on any atom is -0.376 e. The molecule has 3 N–H and O–H groups in total. The largest absolute Gasteiger partial charge is 0.376 e. The summed E-state index contributed by atoms with van der Waals surface area (Å²) in [6, 6.07) is 1.75. The molecule has 1 amide bonds. The number of hydrogen-bond donors (Lipinski definition) is 3. The Labute approximate surface area is 187 Å². The third kappa shape index (κ3) is 5.70. The van der Waals surface area contributed by atoms with Crippen LogP contribution in [0.1, 0.15) is 33.1 Å². The molecule has 0 aliphatic carbocycles. The third-order valence-electron chi connectivity index (χ3n) is 5.82. The lowest BCUT2D eigenvalue weighted by atomic mass is 9.92. The van der Waals surface area contributed by atoms with Gasteiger partial charge < -0.3 is 20.7 Å². The molecular weight excluding hydrogens is 416 g/mol. The van der Waals surface area contributed by atoms with Crippen LogP contribution in [0, 0.1) is 11.8 Å². The lowest BCUT2D eigenvalue weighted by Crippen LogP contribution is -2.32. The van der Waals surface area contributed by atoms with E-state index in [1.165, 1.54) is 6.20 Å². The van der Waals surface area contributed by atoms with Gasteiger partial charge in [0.1, 0.15) is 11.6 Å². The van der Waals surface area contributed by atoms with E-state index in [9.17, 15) is 4.79 Å². The molecule has 2 aromatic rings. The van der Waals surface area contributed by atoms with E-state index >= 15 is 0 Å². The van der Waals surface area contributed by atoms with Gasteiger partial charge in [-0.1, -0.05) is 11.6 Å². The SMILES string of the molecule is CC1CC(CNc2cncc(-c3cc(NC(=O)C4CCNC4)ncc3Cl)n2)CC(C)O1. The molecule has 2 aliphatic heterocycles. The van der Waals surface area contributed by atoms with Gasteiger partial charge in [-0.15, -0.1) is 0 Å². The van der Waals surface area contributed by atoms with Crippen molar-refractivity contribution in [2.24, 2.45) is 11.8 Å². The van der Waals surface area contributed by atoms with Crippen molar-refractivity contribution in [3.05, 3.63) is 29.7 Å². The molecule has 3 atom stereocenters. The van der Waals surface area contributed by atoms with Crippen LogP contribution >= 0.6 is 11.6 Å². The molecule has 2 aromatic heterocycles. The number of rotatable bonds is 6. The van der Waals surface area contributed by atoms with Crippen LogP contribution in [-0.4, -0.2) is 52.7 Å². The second-order valence-corrected chi connectivity index (χ2v) is 8.90. The fourth-order valence-corrected chi connectivity index (χ4v) is 4.55. The zero-order chi connectivity index (χ0) is 21.8. The highest BCUT2D eigenvalue weighted by atomic mass is 35.5. The molecule has 2 aliphatic rings. The van der Waals surface area contributed by atoms with Gasteiger partial charge >= 0.3 is 0 Å². The minimum absolute atomic E-state index is 0.0350. The fraction of sp³-hybridized carbons (Fsp3) is 0.545. The van der Waals surface area contributed by atoms with Crippen LogP contribution in [0.2, 0.25) is 5.02 Å². The normalized spacial score (nSPS) is 25.9. The highest BCUT2D eigenvalue weighted by molar-refractivity contribution is 6.33. The van der Waals surface area contributed by atoms with Crippen molar-refractivity contribution in [2.75, 3.05) is 30.3 Å². The van der Waals surface area contributed by atoms with Gasteiger partial charge in [0.2, 0.25) is 5.91 Å². The number of pyridine rings is 1. The lowest BCUT2D eigenvalue weighted by molar-refractivity contribution is -0.119. The first kappa shape index (κ1) is 21.9. The van der Waals surface area contributed by atoms with Gasteiger partial charge in [-0.25, -0.2) is 9.97 Å². The molecule has 4 heterocycles. The topological polar surface area (TPSA) is 101 Å². The third-order valence-corrected chi connectivity index (χ3v) is 6.12. The maximum Gasteiger partial charge on any atom is 0.229 e. The van der Waals surface area contributed by atoms with Crippen LogP contribution in [-0.2, 0) is 9.53 Å². The van der Waals surface area contributed by atoms with Crippen LogP contribution in [0.4, 0.5) is 11.6 Å². The summed E-state index contributed by atoms with van der Waals surface area (Å²) in [5.74, 6) is 1.61. The Morgan fingerprint density at radius 2 is 2.03 bits per heavy atom. The number of nitrogens with one attached hydrogen (secondary N) is 3. The van der Waals surface area contributed by atoms with Crippen molar-refractivity contribution in [1.29, 1.82) is 0 Å². The van der Waals surface area contributed by atoms with Crippen LogP contribution < -0.4 is 16.0 Å². The van der Waals surface area contributed by atoms with Gasteiger partial charge in [0.25, 0.3) is 0 Å². The lowest BCUT2D eigenvalue weighted by Gasteiger charge is -2.32. The first-order valence-corrected chi connectivity index (χ1v) is 11.2. The first-order chi connectivity index (χ1) is 15.0. The summed E-state index contributed by atoms with van der Waals surface area (Å²) in [6.07, 6.45) is 8.34. The van der Waals surface area contributed by atoms with Crippen molar-refractivity contribution >= 4 is 29.1 Å². The summed E-state index contributed by atoms with van der Waals surface area (Å²) in [7, 11) is 0. The van der Waals surface area contributed by atoms with Crippen molar-refractivity contribution in [2.45, 2.75) is 45.3 Å². The number of ether oxygens (including phenoxy) is 1. The standard InChI is InChI=1S/C22H29ClN6O2/c1-13-5-15(6-14(2)31-13)8-26-21-12-25-11-19(28-21)17-7-20(27-10-18(17)23)29-22(30)16-3-4-24-9-16/h7,10-16,24H,3-6,8-9H2,1-2H3,(H,26,28)(H,27,29,30). The van der Waals surface area contributed by atoms with E-state index in [1.807, 2.05) is 0 Å². The zero-order valence-electron chi connectivity index (χ0n) is 17.9. The fourth-order valence-electron chi connectivity index (χ4n) is 4.35. The Kier molecular flexibility index (Phi) is 6.99. The van der Waals surface area contributed by atoms with E-state index in [2.05, 4.69) is 44.7 Å². The van der Waals surface area contributed by atoms with E-state index in [-0.39, 0.29) is 24.0 Å². The molecule has 0 spiro atoms. The molecular formula is C22H29ClN6O2. The predicted octanol–water partition coefficient (Wildman–Crippen LogP) is 3.36. The molecule has 2 saturated heterocycles. The predicted molar refractivity (Wildman–Crippen MR) is 121 cm³/mol. The summed E-state index contributed by atoms with van der Waals surface area (Å²) in [4.78, 5) is 25.7. The van der Waals surface area contributed by atoms with Crippen molar-refractivity contribution < 1.29 is 9.53 Å². The average molecular weight is 445 g/mol. The molecule has 2 fully saturated rings. The van der Waals surface area contributed by atoms with Crippen molar-refractivity contribution in [3.63, 3.8) is 0 Å². The number of hydrogen-bond acceptors (Lipinski definition) is 7. The molecule has 9 heteroatoms. The summed E-state index contributed by atoms with van der Waals surface area (Å²) in [5.41, 5.74) is 1.31. The van der Waals surface area contributed by atoms with Gasteiger partial charge in [0, 0.05) is 24.8 Å². The van der Waals surface area contributed by atoms with Gasteiger partial charge in [-0.3, -0.25) is 9.78 Å². The van der Waals surface area contributed by atoms with Crippen LogP contribution in [0.3, 0.4) is 0 Å². The van der Waals surface area contributed by atoms with Crippen LogP contribution in [0.5, 0.6) is 0 Å². The van der Waals surface area contributed by atoms with E-state index in [1.54, 1.807) is 18.5 Å². The zero-order valence-corrected chi connectivity index (χ0v) is 18.7. The second-order valence-electron chi connectivity index (χ2n) is 8.49. The monoisotopic (exact) mass is 444 g/mol. The quantitative estimate of drug-likeness (QED) is 0.628. The molecule has 0 aromatic carbocycles. The van der Waals surface area contributed by atoms with Crippen molar-refractivity contribution in [3.8, 4) is 11.3 Å². The van der Waals surface area contributed by atoms with Crippen LogP contribution in [0.15, 0.2) is 24.7 Å². The van der Waals surface area contributed by atoms with Gasteiger partial charge in [-0.2, -0.15) is 0 Å². The number of halogens is 1. The number of anilines is 2. The smallest absolute Gasteiger partial charge is 0.229 e. The minimum atomic E-state index is -0.0381. The summed E-state index contributed by atoms with van der Waals surface area (Å²) < 4.78 is 5.82. The Hall–Kier alpha value is -2.29. The Balaban J connectivity index is 1.44. The van der Waals surface area contributed by atoms with Gasteiger partial charge in [0.15, 0.2) is 0 Å². The summed E-state index contributed by atoms with van der Waals surface area (Å²) in [5, 5.41) is 9.95. The molecule has 4 rings (SSSR count). The molecule has 31 heavy (non-hydrogen) atoms. The van der Waals surface area contributed by atoms with E-state index in [0.717, 1.165) is 32.4 Å². The Morgan fingerprint density at radius 3 is 2.77 bits per heavy atom. The number of amides is 1. The molecule has 0 bridgehead atoms. The molecule has 0 saturated carbocycles. The highest BCUT2D eigenvalue weighted by Crippen LogP contribution is 2.29. The molecule has 8 nitrogen and oxygen atoms in total. The van der Waals surface area contributed by atoms with E-state index < -0.39 is 0 Å². The number of carbonyl (C=O) groups excluding carboxylic acids is 1. The van der Waals surface area contributed by atoms with Crippen molar-refractivity contribution in [1.82, 2.24) is 20.3 Å². The average Bonchev–Trinajstić information content (AvgIpc) is 3.28. The second kappa shape index (κ2) is 9.89. The summed E-state index contributed by atoms with van der Waals surface area (Å²) in [6.45, 7) is 6.60. The maximum atomic E-state index is 12.4. The van der Waals surface area contributed by atoms with E-state index in [4.69, 9.17) is 16.3 Å². The van der Waals surface area contributed by atoms with E-state index in [0.29, 0.717) is 40.4 Å². The van der Waals surface area contributed by atoms with Crippen LogP contribution in [0.25, 0.3) is 11.3 Å². The number of aromatic nitrogens is 3. The Bertz CT molecular complexity index is 911. The molecule has 166 valence electrons. The Morgan fingerprint density at radius 1 is 1.23 bits per heavy atom. The van der Waals surface area contributed by atoms with Gasteiger partial charge in [0.05, 0.1) is 41.2 Å². The molecule has 3 unspecified atom stereocenters. The number of carbonyl (C=O) groups is 1. The highest BCUT2D eigenvalue weighted by Gasteiger charge is 2.25. The molecule has 0 radical (unpaired) electrons. The first-order valence-electron chi connectivity index (χ1n) is 10.9. The number of nitrogens with zero attached hydrogens (tertiary/aromatic N) is 3.